The van der Waals surface area contributed by atoms with Crippen molar-refractivity contribution in [2.24, 2.45) is 0 Å². The lowest BCUT2D eigenvalue weighted by Crippen LogP contribution is -2.32. The summed E-state index contributed by atoms with van der Waals surface area (Å²) in [6, 6.07) is 7.27. The molecule has 25 heavy (non-hydrogen) atoms. The van der Waals surface area contributed by atoms with Crippen LogP contribution in [0.2, 0.25) is 0 Å². The fraction of sp³-hybridized carbons (Fsp3) is 0.353. The van der Waals surface area contributed by atoms with Crippen LogP contribution >= 0.6 is 0 Å². The van der Waals surface area contributed by atoms with Crippen LogP contribution in [0.1, 0.15) is 35.8 Å². The van der Waals surface area contributed by atoms with Crippen LogP contribution in [-0.4, -0.2) is 27.2 Å². The van der Waals surface area contributed by atoms with E-state index in [0.29, 0.717) is 25.2 Å². The average molecular weight is 342 g/mol. The van der Waals surface area contributed by atoms with Crippen LogP contribution in [0.15, 0.2) is 35.1 Å². The van der Waals surface area contributed by atoms with Gasteiger partial charge >= 0.3 is 0 Å². The molecule has 0 spiro atoms. The minimum Gasteiger partial charge on any atom is -0.306 e. The summed E-state index contributed by atoms with van der Waals surface area (Å²) in [5, 5.41) is 15.1. The Balaban J connectivity index is 1.92. The van der Waals surface area contributed by atoms with E-state index >= 15 is 0 Å². The van der Waals surface area contributed by atoms with Crippen molar-refractivity contribution in [3.8, 4) is 0 Å². The van der Waals surface area contributed by atoms with Gasteiger partial charge in [-0.1, -0.05) is 19.4 Å². The Morgan fingerprint density at radius 2 is 2.12 bits per heavy atom. The van der Waals surface area contributed by atoms with Gasteiger partial charge in [-0.2, -0.15) is 5.10 Å². The van der Waals surface area contributed by atoms with Gasteiger partial charge < -0.3 is 4.90 Å². The molecule has 1 aliphatic heterocycles. The Morgan fingerprint density at radius 1 is 1.32 bits per heavy atom. The zero-order valence-corrected chi connectivity index (χ0v) is 13.8. The summed E-state index contributed by atoms with van der Waals surface area (Å²) in [6.45, 7) is 2.90. The van der Waals surface area contributed by atoms with E-state index in [-0.39, 0.29) is 22.8 Å². The van der Waals surface area contributed by atoms with E-state index in [1.807, 2.05) is 6.92 Å². The summed E-state index contributed by atoms with van der Waals surface area (Å²) in [5.41, 5.74) is 1.28. The first-order chi connectivity index (χ1) is 12.0. The summed E-state index contributed by atoms with van der Waals surface area (Å²) < 4.78 is 1.29. The SMILES string of the molecule is CCCCn1nc(C(=O)N2CCc3ccc([N+](=O)[O-])cc32)ccc1=O. The van der Waals surface area contributed by atoms with Gasteiger partial charge in [0.05, 0.1) is 10.6 Å². The molecule has 8 nitrogen and oxygen atoms in total. The number of rotatable bonds is 5. The van der Waals surface area contributed by atoms with Crippen LogP contribution in [0.25, 0.3) is 0 Å². The molecule has 8 heteroatoms. The topological polar surface area (TPSA) is 98.3 Å². The minimum absolute atomic E-state index is 0.0562. The van der Waals surface area contributed by atoms with Crippen LogP contribution in [0.4, 0.5) is 11.4 Å². The van der Waals surface area contributed by atoms with E-state index in [2.05, 4.69) is 5.10 Å². The predicted molar refractivity (Wildman–Crippen MR) is 91.9 cm³/mol. The quantitative estimate of drug-likeness (QED) is 0.612. The minimum atomic E-state index is -0.482. The zero-order valence-electron chi connectivity index (χ0n) is 13.8. The fourth-order valence-electron chi connectivity index (χ4n) is 2.86. The summed E-state index contributed by atoms with van der Waals surface area (Å²) in [7, 11) is 0. The molecule has 2 heterocycles. The number of aryl methyl sites for hydroxylation is 1. The number of carbonyl (C=O) groups is 1. The Kier molecular flexibility index (Phi) is 4.60. The molecule has 0 fully saturated rings. The largest absolute Gasteiger partial charge is 0.306 e. The summed E-state index contributed by atoms with van der Waals surface area (Å²) in [5.74, 6) is -0.357. The highest BCUT2D eigenvalue weighted by Crippen LogP contribution is 2.32. The first-order valence-electron chi connectivity index (χ1n) is 8.18. The normalized spacial score (nSPS) is 12.9. The molecule has 1 aromatic carbocycles. The summed E-state index contributed by atoms with van der Waals surface area (Å²) in [4.78, 5) is 36.6. The Hall–Kier alpha value is -3.03. The molecule has 0 N–H and O–H groups in total. The first kappa shape index (κ1) is 16.8. The maximum Gasteiger partial charge on any atom is 0.278 e. The second kappa shape index (κ2) is 6.84. The summed E-state index contributed by atoms with van der Waals surface area (Å²) >= 11 is 0. The lowest BCUT2D eigenvalue weighted by Gasteiger charge is -2.17. The number of anilines is 1. The zero-order chi connectivity index (χ0) is 18.0. The molecule has 0 saturated carbocycles. The number of nitrogens with zero attached hydrogens (tertiary/aromatic N) is 4. The number of nitro benzene ring substituents is 1. The van der Waals surface area contributed by atoms with E-state index < -0.39 is 4.92 Å². The van der Waals surface area contributed by atoms with E-state index in [1.54, 1.807) is 6.07 Å². The lowest BCUT2D eigenvalue weighted by atomic mass is 10.1. The lowest BCUT2D eigenvalue weighted by molar-refractivity contribution is -0.384. The van der Waals surface area contributed by atoms with Crippen molar-refractivity contribution >= 4 is 17.3 Å². The van der Waals surface area contributed by atoms with Gasteiger partial charge in [0.2, 0.25) is 0 Å². The molecular weight excluding hydrogens is 324 g/mol. The smallest absolute Gasteiger partial charge is 0.278 e. The molecule has 3 rings (SSSR count). The number of hydrogen-bond acceptors (Lipinski definition) is 5. The van der Waals surface area contributed by atoms with E-state index in [1.165, 1.54) is 33.8 Å². The molecule has 0 atom stereocenters. The molecule has 1 amide bonds. The molecule has 0 aliphatic carbocycles. The molecule has 0 saturated heterocycles. The van der Waals surface area contributed by atoms with Crippen molar-refractivity contribution < 1.29 is 9.72 Å². The number of benzene rings is 1. The third-order valence-corrected chi connectivity index (χ3v) is 4.23. The van der Waals surface area contributed by atoms with Crippen LogP contribution in [0, 0.1) is 10.1 Å². The number of carbonyl (C=O) groups excluding carboxylic acids is 1. The average Bonchev–Trinajstić information content (AvgIpc) is 3.03. The fourth-order valence-corrected chi connectivity index (χ4v) is 2.86. The molecule has 1 aromatic heterocycles. The van der Waals surface area contributed by atoms with Crippen molar-refractivity contribution in [2.45, 2.75) is 32.7 Å². The molecule has 0 radical (unpaired) electrons. The standard InChI is InChI=1S/C17H18N4O4/c1-2-3-9-20-16(22)7-6-14(18-20)17(23)19-10-8-12-4-5-13(21(24)25)11-15(12)19/h4-7,11H,2-3,8-10H2,1H3. The molecule has 1 aliphatic rings. The van der Waals surface area contributed by atoms with Crippen molar-refractivity contribution in [2.75, 3.05) is 11.4 Å². The highest BCUT2D eigenvalue weighted by Gasteiger charge is 2.28. The van der Waals surface area contributed by atoms with Gasteiger partial charge in [0.25, 0.3) is 17.2 Å². The third-order valence-electron chi connectivity index (χ3n) is 4.23. The number of non-ortho nitro benzene ring substituents is 1. The summed E-state index contributed by atoms with van der Waals surface area (Å²) in [6.07, 6.45) is 2.34. The van der Waals surface area contributed by atoms with E-state index in [0.717, 1.165) is 18.4 Å². The number of hydrogen-bond donors (Lipinski definition) is 0. The van der Waals surface area contributed by atoms with Crippen molar-refractivity contribution in [1.82, 2.24) is 9.78 Å². The van der Waals surface area contributed by atoms with Crippen LogP contribution in [0.3, 0.4) is 0 Å². The first-order valence-corrected chi connectivity index (χ1v) is 8.18. The second-order valence-electron chi connectivity index (χ2n) is 5.91. The van der Waals surface area contributed by atoms with Crippen molar-refractivity contribution in [3.63, 3.8) is 0 Å². The van der Waals surface area contributed by atoms with Gasteiger partial charge in [-0.3, -0.25) is 19.7 Å². The van der Waals surface area contributed by atoms with Gasteiger partial charge in [0.15, 0.2) is 0 Å². The highest BCUT2D eigenvalue weighted by atomic mass is 16.6. The van der Waals surface area contributed by atoms with Gasteiger partial charge in [0, 0.05) is 31.3 Å². The third kappa shape index (κ3) is 3.28. The number of nitro groups is 1. The van der Waals surface area contributed by atoms with Crippen molar-refractivity contribution in [1.29, 1.82) is 0 Å². The number of unbranched alkanes of at least 4 members (excludes halogenated alkanes) is 1. The Morgan fingerprint density at radius 3 is 2.84 bits per heavy atom. The molecule has 2 aromatic rings. The van der Waals surface area contributed by atoms with Gasteiger partial charge in [0.1, 0.15) is 5.69 Å². The van der Waals surface area contributed by atoms with Gasteiger partial charge in [-0.25, -0.2) is 4.68 Å². The van der Waals surface area contributed by atoms with Gasteiger partial charge in [-0.05, 0) is 24.5 Å². The number of aromatic nitrogens is 2. The van der Waals surface area contributed by atoms with Crippen molar-refractivity contribution in [3.05, 3.63) is 62.1 Å². The maximum atomic E-state index is 12.8. The van der Waals surface area contributed by atoms with Crippen LogP contribution in [-0.2, 0) is 13.0 Å². The predicted octanol–water partition coefficient (Wildman–Crippen LogP) is 2.15. The van der Waals surface area contributed by atoms with Gasteiger partial charge in [-0.15, -0.1) is 0 Å². The number of amides is 1. The Bertz CT molecular complexity index is 890. The molecular formula is C17H18N4O4. The van der Waals surface area contributed by atoms with E-state index in [9.17, 15) is 19.7 Å². The highest BCUT2D eigenvalue weighted by molar-refractivity contribution is 6.06. The number of fused-ring (bicyclic) bond motifs is 1. The monoisotopic (exact) mass is 342 g/mol. The van der Waals surface area contributed by atoms with E-state index in [4.69, 9.17) is 0 Å². The molecule has 0 unspecified atom stereocenters. The van der Waals surface area contributed by atoms with Crippen LogP contribution in [0.5, 0.6) is 0 Å². The molecule has 130 valence electrons. The second-order valence-corrected chi connectivity index (χ2v) is 5.91. The molecule has 0 bridgehead atoms. The Labute approximate surface area is 143 Å². The van der Waals surface area contributed by atoms with Crippen LogP contribution < -0.4 is 10.5 Å². The maximum absolute atomic E-state index is 12.8.